The molecule has 0 spiro atoms. The lowest BCUT2D eigenvalue weighted by Crippen LogP contribution is -2.03. The Morgan fingerprint density at radius 3 is 2.64 bits per heavy atom. The Balaban J connectivity index is 1.74. The van der Waals surface area contributed by atoms with Crippen molar-refractivity contribution >= 4 is 10.9 Å². The van der Waals surface area contributed by atoms with Crippen LogP contribution in [0.3, 0.4) is 0 Å². The van der Waals surface area contributed by atoms with Crippen LogP contribution in [0.25, 0.3) is 22.4 Å². The summed E-state index contributed by atoms with van der Waals surface area (Å²) in [4.78, 5) is 0. The van der Waals surface area contributed by atoms with E-state index in [0.29, 0.717) is 11.5 Å². The van der Waals surface area contributed by atoms with Crippen LogP contribution in [0.5, 0.6) is 0 Å². The van der Waals surface area contributed by atoms with Crippen molar-refractivity contribution < 1.29 is 9.52 Å². The molecule has 0 aliphatic rings. The number of fused-ring (bicyclic) bond motifs is 1. The number of rotatable bonds is 5. The second kappa shape index (κ2) is 6.57. The molecule has 4 heteroatoms. The van der Waals surface area contributed by atoms with E-state index in [0.717, 1.165) is 29.6 Å². The Kier molecular flexibility index (Phi) is 4.12. The number of nitrogens with zero attached hydrogens (tertiary/aromatic N) is 2. The molecule has 0 saturated heterocycles. The van der Waals surface area contributed by atoms with Gasteiger partial charge in [-0.05, 0) is 42.7 Å². The summed E-state index contributed by atoms with van der Waals surface area (Å²) in [5.41, 5.74) is 4.42. The van der Waals surface area contributed by atoms with Gasteiger partial charge < -0.3 is 9.52 Å². The summed E-state index contributed by atoms with van der Waals surface area (Å²) in [5.74, 6) is 1.24. The van der Waals surface area contributed by atoms with Crippen molar-refractivity contribution in [3.8, 4) is 11.5 Å². The van der Waals surface area contributed by atoms with Gasteiger partial charge in [-0.3, -0.25) is 4.68 Å². The van der Waals surface area contributed by atoms with Gasteiger partial charge in [0.25, 0.3) is 0 Å². The maximum atomic E-state index is 9.24. The second-order valence-corrected chi connectivity index (χ2v) is 6.25. The molecule has 2 heterocycles. The minimum absolute atomic E-state index is 0.105. The molecule has 4 nitrogen and oxygen atoms in total. The van der Waals surface area contributed by atoms with E-state index >= 15 is 0 Å². The zero-order valence-corrected chi connectivity index (χ0v) is 14.1. The van der Waals surface area contributed by atoms with Gasteiger partial charge in [-0.2, -0.15) is 5.10 Å². The summed E-state index contributed by atoms with van der Waals surface area (Å²) in [7, 11) is 0. The normalized spacial score (nSPS) is 11.3. The van der Waals surface area contributed by atoms with Crippen molar-refractivity contribution in [3.63, 3.8) is 0 Å². The summed E-state index contributed by atoms with van der Waals surface area (Å²) in [5, 5.41) is 15.1. The van der Waals surface area contributed by atoms with Crippen LogP contribution in [-0.2, 0) is 19.6 Å². The van der Waals surface area contributed by atoms with Crippen LogP contribution in [0, 0.1) is 6.92 Å². The molecule has 0 radical (unpaired) electrons. The van der Waals surface area contributed by atoms with E-state index in [1.807, 2.05) is 16.8 Å². The molecule has 0 aliphatic heterocycles. The molecular formula is C21H20N2O2. The van der Waals surface area contributed by atoms with E-state index in [1.54, 1.807) is 6.07 Å². The van der Waals surface area contributed by atoms with Gasteiger partial charge in [0.05, 0.1) is 5.52 Å². The monoisotopic (exact) mass is 332 g/mol. The molecule has 0 amide bonds. The van der Waals surface area contributed by atoms with Gasteiger partial charge in [-0.1, -0.05) is 42.5 Å². The quantitative estimate of drug-likeness (QED) is 0.591. The summed E-state index contributed by atoms with van der Waals surface area (Å²) >= 11 is 0. The van der Waals surface area contributed by atoms with Crippen LogP contribution in [0.1, 0.15) is 16.9 Å². The SMILES string of the molecule is Cc1ccc2c(-c3ccc(CO)o3)nn(CCc3ccccc3)c2c1. The van der Waals surface area contributed by atoms with E-state index in [-0.39, 0.29) is 6.61 Å². The molecule has 4 aromatic rings. The third-order valence-electron chi connectivity index (χ3n) is 4.41. The second-order valence-electron chi connectivity index (χ2n) is 6.25. The minimum Gasteiger partial charge on any atom is -0.457 e. The molecule has 2 aromatic carbocycles. The van der Waals surface area contributed by atoms with E-state index < -0.39 is 0 Å². The van der Waals surface area contributed by atoms with Gasteiger partial charge in [0, 0.05) is 11.9 Å². The van der Waals surface area contributed by atoms with Gasteiger partial charge in [0.15, 0.2) is 5.76 Å². The highest BCUT2D eigenvalue weighted by molar-refractivity contribution is 5.92. The maximum absolute atomic E-state index is 9.24. The van der Waals surface area contributed by atoms with E-state index in [9.17, 15) is 5.11 Å². The summed E-state index contributed by atoms with van der Waals surface area (Å²) in [6.45, 7) is 2.79. The first kappa shape index (κ1) is 15.7. The third kappa shape index (κ3) is 3.08. The van der Waals surface area contributed by atoms with E-state index in [4.69, 9.17) is 9.52 Å². The number of hydrogen-bond acceptors (Lipinski definition) is 3. The number of aryl methyl sites for hydroxylation is 3. The van der Waals surface area contributed by atoms with Crippen molar-refractivity contribution in [2.24, 2.45) is 0 Å². The Labute approximate surface area is 146 Å². The molecule has 0 aliphatic carbocycles. The summed E-state index contributed by atoms with van der Waals surface area (Å²) in [6, 6.07) is 20.4. The number of benzene rings is 2. The van der Waals surface area contributed by atoms with Crippen LogP contribution >= 0.6 is 0 Å². The molecule has 0 bridgehead atoms. The average Bonchev–Trinajstić information content (AvgIpc) is 3.25. The molecule has 25 heavy (non-hydrogen) atoms. The van der Waals surface area contributed by atoms with Gasteiger partial charge in [-0.15, -0.1) is 0 Å². The topological polar surface area (TPSA) is 51.2 Å². The number of aliphatic hydroxyl groups excluding tert-OH is 1. The fraction of sp³-hybridized carbons (Fsp3) is 0.190. The smallest absolute Gasteiger partial charge is 0.155 e. The number of aromatic nitrogens is 2. The molecule has 1 N–H and O–H groups in total. The maximum Gasteiger partial charge on any atom is 0.155 e. The van der Waals surface area contributed by atoms with Crippen LogP contribution in [0.4, 0.5) is 0 Å². The first-order valence-corrected chi connectivity index (χ1v) is 8.45. The Hall–Kier alpha value is -2.85. The highest BCUT2D eigenvalue weighted by atomic mass is 16.4. The van der Waals surface area contributed by atoms with Crippen LogP contribution < -0.4 is 0 Å². The van der Waals surface area contributed by atoms with E-state index in [1.165, 1.54) is 11.1 Å². The van der Waals surface area contributed by atoms with Crippen LogP contribution in [-0.4, -0.2) is 14.9 Å². The van der Waals surface area contributed by atoms with Crippen molar-refractivity contribution in [1.29, 1.82) is 0 Å². The number of aliphatic hydroxyl groups is 1. The van der Waals surface area contributed by atoms with Crippen LogP contribution in [0.15, 0.2) is 65.1 Å². The van der Waals surface area contributed by atoms with Crippen molar-refractivity contribution in [2.45, 2.75) is 26.5 Å². The minimum atomic E-state index is -0.105. The average molecular weight is 332 g/mol. The number of furan rings is 1. The highest BCUT2D eigenvalue weighted by Crippen LogP contribution is 2.30. The van der Waals surface area contributed by atoms with Crippen molar-refractivity contribution in [2.75, 3.05) is 0 Å². The molecule has 0 unspecified atom stereocenters. The molecule has 0 fully saturated rings. The summed E-state index contributed by atoms with van der Waals surface area (Å²) < 4.78 is 7.75. The van der Waals surface area contributed by atoms with Crippen molar-refractivity contribution in [3.05, 3.63) is 77.6 Å². The van der Waals surface area contributed by atoms with E-state index in [2.05, 4.69) is 49.4 Å². The summed E-state index contributed by atoms with van der Waals surface area (Å²) in [6.07, 6.45) is 0.922. The fourth-order valence-corrected chi connectivity index (χ4v) is 3.11. The zero-order chi connectivity index (χ0) is 17.2. The largest absolute Gasteiger partial charge is 0.457 e. The molecule has 2 aromatic heterocycles. The predicted molar refractivity (Wildman–Crippen MR) is 98.2 cm³/mol. The molecule has 0 saturated carbocycles. The molecular weight excluding hydrogens is 312 g/mol. The lowest BCUT2D eigenvalue weighted by atomic mass is 10.1. The Morgan fingerprint density at radius 2 is 1.88 bits per heavy atom. The number of hydrogen-bond donors (Lipinski definition) is 1. The van der Waals surface area contributed by atoms with Crippen LogP contribution in [0.2, 0.25) is 0 Å². The van der Waals surface area contributed by atoms with Gasteiger partial charge >= 0.3 is 0 Å². The first-order valence-electron chi connectivity index (χ1n) is 8.45. The molecule has 0 atom stereocenters. The Bertz CT molecular complexity index is 999. The van der Waals surface area contributed by atoms with Crippen molar-refractivity contribution in [1.82, 2.24) is 9.78 Å². The fourth-order valence-electron chi connectivity index (χ4n) is 3.11. The predicted octanol–water partition coefficient (Wildman–Crippen LogP) is 4.34. The van der Waals surface area contributed by atoms with Gasteiger partial charge in [-0.25, -0.2) is 0 Å². The lowest BCUT2D eigenvalue weighted by Gasteiger charge is -2.04. The highest BCUT2D eigenvalue weighted by Gasteiger charge is 2.15. The lowest BCUT2D eigenvalue weighted by molar-refractivity contribution is 0.248. The molecule has 4 rings (SSSR count). The first-order chi connectivity index (χ1) is 12.2. The van der Waals surface area contributed by atoms with Gasteiger partial charge in [0.1, 0.15) is 18.1 Å². The standard InChI is InChI=1S/C21H20N2O2/c1-15-7-9-18-19(13-15)23(12-11-16-5-3-2-4-6-16)22-21(18)20-10-8-17(14-24)25-20/h2-10,13,24H,11-12,14H2,1H3. The third-order valence-corrected chi connectivity index (χ3v) is 4.41. The zero-order valence-electron chi connectivity index (χ0n) is 14.1. The molecule has 126 valence electrons. The Morgan fingerprint density at radius 1 is 1.04 bits per heavy atom. The van der Waals surface area contributed by atoms with Gasteiger partial charge in [0.2, 0.25) is 0 Å².